The van der Waals surface area contributed by atoms with E-state index in [1.165, 1.54) is 11.6 Å². The Labute approximate surface area is 143 Å². The summed E-state index contributed by atoms with van der Waals surface area (Å²) in [6.07, 6.45) is 1.22. The molecule has 0 fully saturated rings. The average Bonchev–Trinajstić information content (AvgIpc) is 2.59. The molecule has 0 heterocycles. The molecule has 0 radical (unpaired) electrons. The predicted octanol–water partition coefficient (Wildman–Crippen LogP) is 3.63. The smallest absolute Gasteiger partial charge is 0.243 e. The molecule has 24 heavy (non-hydrogen) atoms. The minimum absolute atomic E-state index is 0.0498. The average molecular weight is 321 g/mol. The van der Waals surface area contributed by atoms with Crippen molar-refractivity contribution in [1.29, 1.82) is 0 Å². The summed E-state index contributed by atoms with van der Waals surface area (Å²) in [6.45, 7) is 7.36. The summed E-state index contributed by atoms with van der Waals surface area (Å²) in [7, 11) is 0. The second-order valence-electron chi connectivity index (χ2n) is 5.97. The molecule has 2 rings (SSSR count). The molecule has 0 aliphatic heterocycles. The van der Waals surface area contributed by atoms with Crippen molar-refractivity contribution in [3.63, 3.8) is 0 Å². The van der Waals surface area contributed by atoms with Crippen LogP contribution in [-0.4, -0.2) is 18.2 Å². The molecule has 0 aliphatic carbocycles. The summed E-state index contributed by atoms with van der Waals surface area (Å²) < 4.78 is 0. The van der Waals surface area contributed by atoms with Gasteiger partial charge in [-0.3, -0.25) is 9.59 Å². The Morgan fingerprint density at radius 2 is 1.62 bits per heavy atom. The standard InChI is InChI=1S/C21H23NO2/c1-4-20(24)22-14-19(16(3)23)21(17-8-6-5-7-9-17)18-12-10-15(2)11-13-18/h4-13,19,21H,1,14H2,2-3H3,(H,22,24). The van der Waals surface area contributed by atoms with Crippen molar-refractivity contribution in [3.05, 3.63) is 83.9 Å². The highest BCUT2D eigenvalue weighted by Crippen LogP contribution is 2.32. The van der Waals surface area contributed by atoms with Crippen LogP contribution in [0.2, 0.25) is 0 Å². The predicted molar refractivity (Wildman–Crippen MR) is 96.8 cm³/mol. The fourth-order valence-corrected chi connectivity index (χ4v) is 2.87. The van der Waals surface area contributed by atoms with Gasteiger partial charge in [0, 0.05) is 18.4 Å². The second kappa shape index (κ2) is 8.25. The van der Waals surface area contributed by atoms with Crippen molar-refractivity contribution < 1.29 is 9.59 Å². The van der Waals surface area contributed by atoms with Crippen LogP contribution in [0.25, 0.3) is 0 Å². The molecule has 2 unspecified atom stereocenters. The number of hydrogen-bond donors (Lipinski definition) is 1. The van der Waals surface area contributed by atoms with Gasteiger partial charge in [-0.25, -0.2) is 0 Å². The highest BCUT2D eigenvalue weighted by Gasteiger charge is 2.28. The molecule has 2 aromatic carbocycles. The molecular formula is C21H23NO2. The summed E-state index contributed by atoms with van der Waals surface area (Å²) in [5, 5.41) is 2.77. The zero-order valence-corrected chi connectivity index (χ0v) is 14.2. The molecule has 0 saturated heterocycles. The highest BCUT2D eigenvalue weighted by atomic mass is 16.1. The van der Waals surface area contributed by atoms with E-state index < -0.39 is 0 Å². The molecule has 0 spiro atoms. The van der Waals surface area contributed by atoms with Gasteiger partial charge in [-0.05, 0) is 31.1 Å². The minimum Gasteiger partial charge on any atom is -0.352 e. The third kappa shape index (κ3) is 4.42. The Morgan fingerprint density at radius 3 is 2.17 bits per heavy atom. The van der Waals surface area contributed by atoms with Gasteiger partial charge in [0.25, 0.3) is 0 Å². The third-order valence-electron chi connectivity index (χ3n) is 4.20. The molecule has 1 amide bonds. The maximum Gasteiger partial charge on any atom is 0.243 e. The monoisotopic (exact) mass is 321 g/mol. The number of Topliss-reactive ketones (excluding diaryl/α,β-unsaturated/α-hetero) is 1. The first-order valence-electron chi connectivity index (χ1n) is 8.05. The Hall–Kier alpha value is -2.68. The minimum atomic E-state index is -0.334. The quantitative estimate of drug-likeness (QED) is 0.792. The van der Waals surface area contributed by atoms with Crippen LogP contribution in [0, 0.1) is 12.8 Å². The summed E-state index contributed by atoms with van der Waals surface area (Å²) in [5.74, 6) is -0.654. The molecule has 3 nitrogen and oxygen atoms in total. The molecule has 0 aliphatic rings. The molecule has 3 heteroatoms. The van der Waals surface area contributed by atoms with Crippen LogP contribution in [0.5, 0.6) is 0 Å². The third-order valence-corrected chi connectivity index (χ3v) is 4.20. The SMILES string of the molecule is C=CC(=O)NCC(C(C)=O)C(c1ccccc1)c1ccc(C)cc1. The van der Waals surface area contributed by atoms with E-state index in [9.17, 15) is 9.59 Å². The normalized spacial score (nSPS) is 12.9. The molecule has 0 aromatic heterocycles. The first-order valence-corrected chi connectivity index (χ1v) is 8.05. The molecule has 1 N–H and O–H groups in total. The van der Waals surface area contributed by atoms with Crippen LogP contribution in [0.15, 0.2) is 67.3 Å². The number of benzene rings is 2. The molecule has 0 saturated carbocycles. The Morgan fingerprint density at radius 1 is 1.04 bits per heavy atom. The lowest BCUT2D eigenvalue weighted by molar-refractivity contribution is -0.121. The Bertz CT molecular complexity index is 704. The molecule has 124 valence electrons. The van der Waals surface area contributed by atoms with Crippen LogP contribution in [0.3, 0.4) is 0 Å². The summed E-state index contributed by atoms with van der Waals surface area (Å²) in [6, 6.07) is 18.1. The summed E-state index contributed by atoms with van der Waals surface area (Å²) in [5.41, 5.74) is 3.30. The first-order chi connectivity index (χ1) is 11.5. The van der Waals surface area contributed by atoms with Gasteiger partial charge < -0.3 is 5.32 Å². The molecule has 0 bridgehead atoms. The van der Waals surface area contributed by atoms with E-state index in [1.54, 1.807) is 6.92 Å². The number of nitrogens with one attached hydrogen (secondary N) is 1. The number of aryl methyl sites for hydroxylation is 1. The van der Waals surface area contributed by atoms with Crippen molar-refractivity contribution in [1.82, 2.24) is 5.32 Å². The van der Waals surface area contributed by atoms with Crippen LogP contribution in [0.4, 0.5) is 0 Å². The molecular weight excluding hydrogens is 298 g/mol. The van der Waals surface area contributed by atoms with Gasteiger partial charge in [0.1, 0.15) is 5.78 Å². The van der Waals surface area contributed by atoms with Crippen molar-refractivity contribution in [2.45, 2.75) is 19.8 Å². The Kier molecular flexibility index (Phi) is 6.07. The van der Waals surface area contributed by atoms with Gasteiger partial charge in [0.05, 0.1) is 0 Å². The zero-order chi connectivity index (χ0) is 17.5. The number of amides is 1. The fraction of sp³-hybridized carbons (Fsp3) is 0.238. The lowest BCUT2D eigenvalue weighted by Gasteiger charge is -2.26. The van der Waals surface area contributed by atoms with E-state index in [2.05, 4.69) is 24.0 Å². The van der Waals surface area contributed by atoms with Crippen molar-refractivity contribution in [3.8, 4) is 0 Å². The van der Waals surface area contributed by atoms with Crippen LogP contribution in [0.1, 0.15) is 29.5 Å². The second-order valence-corrected chi connectivity index (χ2v) is 5.97. The van der Waals surface area contributed by atoms with Gasteiger partial charge in [-0.15, -0.1) is 0 Å². The maximum absolute atomic E-state index is 12.3. The summed E-state index contributed by atoms with van der Waals surface area (Å²) in [4.78, 5) is 23.9. The lowest BCUT2D eigenvalue weighted by atomic mass is 9.78. The van der Waals surface area contributed by atoms with Crippen LogP contribution in [-0.2, 0) is 9.59 Å². The zero-order valence-electron chi connectivity index (χ0n) is 14.2. The first kappa shape index (κ1) is 17.7. The van der Waals surface area contributed by atoms with Crippen molar-refractivity contribution in [2.24, 2.45) is 5.92 Å². The van der Waals surface area contributed by atoms with Gasteiger partial charge in [0.15, 0.2) is 0 Å². The van der Waals surface area contributed by atoms with Crippen molar-refractivity contribution in [2.75, 3.05) is 6.54 Å². The highest BCUT2D eigenvalue weighted by molar-refractivity contribution is 5.88. The molecule has 2 aromatic rings. The van der Waals surface area contributed by atoms with Gasteiger partial charge in [-0.2, -0.15) is 0 Å². The Balaban J connectivity index is 2.42. The number of rotatable bonds is 7. The lowest BCUT2D eigenvalue weighted by Crippen LogP contribution is -2.35. The van der Waals surface area contributed by atoms with Crippen LogP contribution >= 0.6 is 0 Å². The number of carbonyl (C=O) groups is 2. The van der Waals surface area contributed by atoms with E-state index >= 15 is 0 Å². The fourth-order valence-electron chi connectivity index (χ4n) is 2.87. The van der Waals surface area contributed by atoms with Gasteiger partial charge in [0.2, 0.25) is 5.91 Å². The maximum atomic E-state index is 12.3. The topological polar surface area (TPSA) is 46.2 Å². The van der Waals surface area contributed by atoms with E-state index in [1.807, 2.05) is 49.4 Å². The van der Waals surface area contributed by atoms with E-state index in [4.69, 9.17) is 0 Å². The molecule has 2 atom stereocenters. The number of ketones is 1. The van der Waals surface area contributed by atoms with Crippen molar-refractivity contribution >= 4 is 11.7 Å². The summed E-state index contributed by atoms with van der Waals surface area (Å²) >= 11 is 0. The largest absolute Gasteiger partial charge is 0.352 e. The number of hydrogen-bond acceptors (Lipinski definition) is 2. The van der Waals surface area contributed by atoms with Gasteiger partial charge >= 0.3 is 0 Å². The number of carbonyl (C=O) groups excluding carboxylic acids is 2. The van der Waals surface area contributed by atoms with E-state index in [-0.39, 0.29) is 30.1 Å². The van der Waals surface area contributed by atoms with E-state index in [0.29, 0.717) is 0 Å². The van der Waals surface area contributed by atoms with E-state index in [0.717, 1.165) is 11.1 Å². The van der Waals surface area contributed by atoms with Gasteiger partial charge in [-0.1, -0.05) is 66.7 Å². The van der Waals surface area contributed by atoms with Crippen LogP contribution < -0.4 is 5.32 Å².